The van der Waals surface area contributed by atoms with Gasteiger partial charge in [-0.2, -0.15) is 23.0 Å². The van der Waals surface area contributed by atoms with E-state index in [0.29, 0.717) is 25.5 Å². The molecule has 0 saturated heterocycles. The van der Waals surface area contributed by atoms with Crippen LogP contribution in [0.5, 0.6) is 0 Å². The summed E-state index contributed by atoms with van der Waals surface area (Å²) >= 11 is 0. The number of hydrogen-bond donors (Lipinski definition) is 0. The molecular formula is C15H16F3N3O. The van der Waals surface area contributed by atoms with Crippen molar-refractivity contribution < 1.29 is 18.0 Å². The van der Waals surface area contributed by atoms with Gasteiger partial charge < -0.3 is 4.90 Å². The first kappa shape index (κ1) is 16.1. The lowest BCUT2D eigenvalue weighted by Crippen LogP contribution is -2.34. The van der Waals surface area contributed by atoms with Crippen LogP contribution in [0.25, 0.3) is 0 Å². The summed E-state index contributed by atoms with van der Waals surface area (Å²) in [5.41, 5.74) is 1.03. The number of nitrogens with zero attached hydrogens (tertiary/aromatic N) is 3. The Morgan fingerprint density at radius 2 is 2.09 bits per heavy atom. The lowest BCUT2D eigenvalue weighted by Gasteiger charge is -2.20. The summed E-state index contributed by atoms with van der Waals surface area (Å²) in [5, 5.41) is 3.52. The first-order valence-electron chi connectivity index (χ1n) is 6.78. The van der Waals surface area contributed by atoms with Crippen LogP contribution in [-0.4, -0.2) is 27.3 Å². The Morgan fingerprint density at radius 3 is 2.64 bits per heavy atom. The van der Waals surface area contributed by atoms with Crippen molar-refractivity contribution in [3.63, 3.8) is 0 Å². The SMILES string of the molecule is CCN(Cc1cccc(C)c1)C(=O)n1cc(C(F)(F)F)cn1. The summed E-state index contributed by atoms with van der Waals surface area (Å²) in [7, 11) is 0. The smallest absolute Gasteiger partial charge is 0.319 e. The Balaban J connectivity index is 2.17. The highest BCUT2D eigenvalue weighted by Gasteiger charge is 2.33. The molecule has 0 unspecified atom stereocenters. The second-order valence-corrected chi connectivity index (χ2v) is 4.96. The molecule has 0 fully saturated rings. The molecule has 0 aliphatic rings. The van der Waals surface area contributed by atoms with Gasteiger partial charge in [0, 0.05) is 19.3 Å². The minimum Gasteiger partial charge on any atom is -0.319 e. The fourth-order valence-corrected chi connectivity index (χ4v) is 2.06. The molecule has 0 radical (unpaired) electrons. The monoisotopic (exact) mass is 311 g/mol. The van der Waals surface area contributed by atoms with Gasteiger partial charge in [-0.1, -0.05) is 29.8 Å². The van der Waals surface area contributed by atoms with Crippen molar-refractivity contribution in [3.8, 4) is 0 Å². The zero-order valence-electron chi connectivity index (χ0n) is 12.3. The molecule has 22 heavy (non-hydrogen) atoms. The third-order valence-electron chi connectivity index (χ3n) is 3.21. The third kappa shape index (κ3) is 3.66. The van der Waals surface area contributed by atoms with E-state index in [1.54, 1.807) is 6.92 Å². The Hall–Kier alpha value is -2.31. The van der Waals surface area contributed by atoms with Gasteiger partial charge in [0.25, 0.3) is 0 Å². The molecule has 1 heterocycles. The molecule has 1 aromatic heterocycles. The van der Waals surface area contributed by atoms with Crippen LogP contribution < -0.4 is 0 Å². The van der Waals surface area contributed by atoms with Crippen molar-refractivity contribution in [2.45, 2.75) is 26.6 Å². The topological polar surface area (TPSA) is 38.1 Å². The van der Waals surface area contributed by atoms with Gasteiger partial charge in [-0.25, -0.2) is 4.79 Å². The van der Waals surface area contributed by atoms with E-state index < -0.39 is 17.8 Å². The molecule has 0 aliphatic heterocycles. The molecule has 1 aromatic carbocycles. The molecule has 0 atom stereocenters. The first-order valence-corrected chi connectivity index (χ1v) is 6.78. The van der Waals surface area contributed by atoms with Gasteiger partial charge >= 0.3 is 12.2 Å². The summed E-state index contributed by atoms with van der Waals surface area (Å²) in [6, 6.07) is 7.02. The quantitative estimate of drug-likeness (QED) is 0.867. The fourth-order valence-electron chi connectivity index (χ4n) is 2.06. The van der Waals surface area contributed by atoms with E-state index in [-0.39, 0.29) is 0 Å². The van der Waals surface area contributed by atoms with E-state index in [4.69, 9.17) is 0 Å². The number of rotatable bonds is 3. The number of aromatic nitrogens is 2. The number of amides is 1. The van der Waals surface area contributed by atoms with Crippen LogP contribution in [0, 0.1) is 6.92 Å². The van der Waals surface area contributed by atoms with Gasteiger partial charge in [-0.15, -0.1) is 0 Å². The minimum atomic E-state index is -4.51. The normalized spacial score (nSPS) is 11.5. The molecular weight excluding hydrogens is 295 g/mol. The van der Waals surface area contributed by atoms with Gasteiger partial charge in [-0.3, -0.25) is 0 Å². The standard InChI is InChI=1S/C15H16F3N3O/c1-3-20(9-12-6-4-5-11(2)7-12)14(22)21-10-13(8-19-21)15(16,17)18/h4-8,10H,3,9H2,1-2H3. The molecule has 0 bridgehead atoms. The van der Waals surface area contributed by atoms with Crippen LogP contribution in [0.4, 0.5) is 18.0 Å². The van der Waals surface area contributed by atoms with Gasteiger partial charge in [0.1, 0.15) is 0 Å². The highest BCUT2D eigenvalue weighted by atomic mass is 19.4. The third-order valence-corrected chi connectivity index (χ3v) is 3.21. The predicted molar refractivity (Wildman–Crippen MR) is 75.3 cm³/mol. The van der Waals surface area contributed by atoms with E-state index in [2.05, 4.69) is 5.10 Å². The number of carbonyl (C=O) groups is 1. The summed E-state index contributed by atoms with van der Waals surface area (Å²) in [6.07, 6.45) is -3.15. The Labute approximate surface area is 126 Å². The second kappa shape index (κ2) is 6.21. The van der Waals surface area contributed by atoms with Crippen LogP contribution in [-0.2, 0) is 12.7 Å². The average molecular weight is 311 g/mol. The molecule has 0 N–H and O–H groups in total. The van der Waals surface area contributed by atoms with Crippen molar-refractivity contribution >= 4 is 6.03 Å². The lowest BCUT2D eigenvalue weighted by atomic mass is 10.1. The van der Waals surface area contributed by atoms with E-state index in [1.807, 2.05) is 31.2 Å². The van der Waals surface area contributed by atoms with Crippen LogP contribution in [0.15, 0.2) is 36.7 Å². The maximum atomic E-state index is 12.6. The molecule has 2 aromatic rings. The van der Waals surface area contributed by atoms with Gasteiger partial charge in [0.2, 0.25) is 0 Å². The molecule has 7 heteroatoms. The van der Waals surface area contributed by atoms with Crippen molar-refractivity contribution in [3.05, 3.63) is 53.3 Å². The molecule has 4 nitrogen and oxygen atoms in total. The van der Waals surface area contributed by atoms with Crippen LogP contribution in [0.1, 0.15) is 23.6 Å². The van der Waals surface area contributed by atoms with Crippen molar-refractivity contribution in [1.29, 1.82) is 0 Å². The second-order valence-electron chi connectivity index (χ2n) is 4.96. The highest BCUT2D eigenvalue weighted by molar-refractivity contribution is 5.76. The van der Waals surface area contributed by atoms with Gasteiger partial charge in [0.15, 0.2) is 0 Å². The van der Waals surface area contributed by atoms with Gasteiger partial charge in [-0.05, 0) is 19.4 Å². The van der Waals surface area contributed by atoms with Crippen molar-refractivity contribution in [2.24, 2.45) is 0 Å². The Morgan fingerprint density at radius 1 is 1.36 bits per heavy atom. The largest absolute Gasteiger partial charge is 0.419 e. The molecule has 0 spiro atoms. The fraction of sp³-hybridized carbons (Fsp3) is 0.333. The van der Waals surface area contributed by atoms with E-state index in [1.165, 1.54) is 4.90 Å². The molecule has 0 aliphatic carbocycles. The maximum absolute atomic E-state index is 12.6. The van der Waals surface area contributed by atoms with E-state index >= 15 is 0 Å². The van der Waals surface area contributed by atoms with Crippen molar-refractivity contribution in [1.82, 2.24) is 14.7 Å². The molecule has 0 saturated carbocycles. The lowest BCUT2D eigenvalue weighted by molar-refractivity contribution is -0.137. The Kier molecular flexibility index (Phi) is 4.54. The number of benzene rings is 1. The van der Waals surface area contributed by atoms with Crippen LogP contribution >= 0.6 is 0 Å². The minimum absolute atomic E-state index is 0.318. The predicted octanol–water partition coefficient (Wildman–Crippen LogP) is 3.70. The molecule has 118 valence electrons. The number of aryl methyl sites for hydroxylation is 1. The first-order chi connectivity index (χ1) is 10.3. The van der Waals surface area contributed by atoms with E-state index in [0.717, 1.165) is 15.8 Å². The Bertz CT molecular complexity index is 664. The molecule has 2 rings (SSSR count). The number of alkyl halides is 3. The zero-order valence-corrected chi connectivity index (χ0v) is 12.3. The number of halogens is 3. The number of hydrogen-bond acceptors (Lipinski definition) is 2. The highest BCUT2D eigenvalue weighted by Crippen LogP contribution is 2.28. The molecule has 1 amide bonds. The van der Waals surface area contributed by atoms with E-state index in [9.17, 15) is 18.0 Å². The van der Waals surface area contributed by atoms with Crippen LogP contribution in [0.3, 0.4) is 0 Å². The summed E-state index contributed by atoms with van der Waals surface area (Å²) in [6.45, 7) is 4.39. The maximum Gasteiger partial charge on any atom is 0.419 e. The van der Waals surface area contributed by atoms with Crippen molar-refractivity contribution in [2.75, 3.05) is 6.54 Å². The van der Waals surface area contributed by atoms with Gasteiger partial charge in [0.05, 0.1) is 11.8 Å². The average Bonchev–Trinajstić information content (AvgIpc) is 2.94. The summed E-state index contributed by atoms with van der Waals surface area (Å²) in [5.74, 6) is 0. The van der Waals surface area contributed by atoms with Crippen LogP contribution in [0.2, 0.25) is 0 Å². The summed E-state index contributed by atoms with van der Waals surface area (Å²) in [4.78, 5) is 13.7. The summed E-state index contributed by atoms with van der Waals surface area (Å²) < 4.78 is 38.4. The number of carbonyl (C=O) groups excluding carboxylic acids is 1. The zero-order chi connectivity index (χ0) is 16.3.